The van der Waals surface area contributed by atoms with Crippen molar-refractivity contribution >= 4 is 18.0 Å². The highest BCUT2D eigenvalue weighted by molar-refractivity contribution is 5.86. The molecule has 2 atom stereocenters. The van der Waals surface area contributed by atoms with Crippen molar-refractivity contribution < 1.29 is 33.3 Å². The maximum absolute atomic E-state index is 12.2. The zero-order valence-corrected chi connectivity index (χ0v) is 14.9. The summed E-state index contributed by atoms with van der Waals surface area (Å²) >= 11 is 0. The van der Waals surface area contributed by atoms with Gasteiger partial charge in [-0.1, -0.05) is 30.3 Å². The van der Waals surface area contributed by atoms with Crippen LogP contribution >= 0.6 is 0 Å². The number of esters is 2. The summed E-state index contributed by atoms with van der Waals surface area (Å²) in [6, 6.07) is 7.90. The Hall–Kier alpha value is -2.61. The Bertz CT molecular complexity index is 628. The molecule has 8 heteroatoms. The lowest BCUT2D eigenvalue weighted by Gasteiger charge is -2.17. The minimum absolute atomic E-state index is 0.0440. The van der Waals surface area contributed by atoms with Gasteiger partial charge in [0.2, 0.25) is 0 Å². The van der Waals surface area contributed by atoms with Crippen LogP contribution in [0.4, 0.5) is 4.79 Å². The number of carbonyl (C=O) groups is 3. The molecule has 1 aromatic carbocycles. The van der Waals surface area contributed by atoms with E-state index >= 15 is 0 Å². The zero-order chi connectivity index (χ0) is 19.0. The van der Waals surface area contributed by atoms with Gasteiger partial charge in [0.25, 0.3) is 0 Å². The number of carbonyl (C=O) groups excluding carboxylic acids is 3. The van der Waals surface area contributed by atoms with Crippen LogP contribution in [-0.4, -0.2) is 50.0 Å². The van der Waals surface area contributed by atoms with Gasteiger partial charge in [-0.3, -0.25) is 4.79 Å². The van der Waals surface area contributed by atoms with Gasteiger partial charge in [-0.25, -0.2) is 9.59 Å². The molecule has 1 amide bonds. The van der Waals surface area contributed by atoms with E-state index < -0.39 is 24.1 Å². The van der Waals surface area contributed by atoms with Gasteiger partial charge in [-0.05, 0) is 12.5 Å². The fraction of sp³-hybridized carbons (Fsp3) is 0.500. The summed E-state index contributed by atoms with van der Waals surface area (Å²) < 4.78 is 20.0. The molecule has 26 heavy (non-hydrogen) atoms. The Balaban J connectivity index is 1.82. The van der Waals surface area contributed by atoms with Crippen LogP contribution in [0.5, 0.6) is 0 Å². The maximum atomic E-state index is 12.2. The molecule has 1 aliphatic rings. The predicted octanol–water partition coefficient (Wildman–Crippen LogP) is 1.57. The Kier molecular flexibility index (Phi) is 6.97. The number of ether oxygens (including phenoxy) is 4. The minimum atomic E-state index is -1.18. The molecule has 1 fully saturated rings. The first kappa shape index (κ1) is 19.7. The fourth-order valence-electron chi connectivity index (χ4n) is 2.09. The van der Waals surface area contributed by atoms with Crippen molar-refractivity contribution in [3.05, 3.63) is 35.9 Å². The standard InChI is InChI=1S/C18H23NO7/c1-18(12-26-18)8-9-24-16(21)14(10-15(20)23-2)19-17(22)25-11-13-6-4-3-5-7-13/h3-7,14H,8-12H2,1-2H3,(H,19,22)/t14-,18?/m0/s1. The molecule has 8 nitrogen and oxygen atoms in total. The van der Waals surface area contributed by atoms with E-state index in [4.69, 9.17) is 14.2 Å². The van der Waals surface area contributed by atoms with Gasteiger partial charge in [-0.2, -0.15) is 0 Å². The summed E-state index contributed by atoms with van der Waals surface area (Å²) in [6.07, 6.45) is -0.622. The third kappa shape index (κ3) is 6.72. The maximum Gasteiger partial charge on any atom is 0.408 e. The topological polar surface area (TPSA) is 103 Å². The molecule has 1 heterocycles. The van der Waals surface area contributed by atoms with E-state index in [0.29, 0.717) is 13.0 Å². The molecule has 1 aliphatic heterocycles. The van der Waals surface area contributed by atoms with Crippen molar-refractivity contribution in [2.45, 2.75) is 38.0 Å². The van der Waals surface area contributed by atoms with Crippen molar-refractivity contribution in [3.63, 3.8) is 0 Å². The lowest BCUT2D eigenvalue weighted by Crippen LogP contribution is -2.43. The largest absolute Gasteiger partial charge is 0.469 e. The first-order valence-electron chi connectivity index (χ1n) is 8.26. The number of hydrogen-bond acceptors (Lipinski definition) is 7. The first-order valence-corrected chi connectivity index (χ1v) is 8.26. The summed E-state index contributed by atoms with van der Waals surface area (Å²) in [5.41, 5.74) is 0.549. The van der Waals surface area contributed by atoms with Crippen LogP contribution < -0.4 is 5.32 Å². The number of methoxy groups -OCH3 is 1. The second-order valence-electron chi connectivity index (χ2n) is 6.19. The summed E-state index contributed by atoms with van der Waals surface area (Å²) in [4.78, 5) is 35.6. The quantitative estimate of drug-likeness (QED) is 0.402. The van der Waals surface area contributed by atoms with E-state index in [0.717, 1.165) is 5.56 Å². The average molecular weight is 365 g/mol. The normalized spacial score (nSPS) is 19.2. The monoisotopic (exact) mass is 365 g/mol. The summed E-state index contributed by atoms with van der Waals surface area (Å²) in [5, 5.41) is 2.35. The smallest absolute Gasteiger partial charge is 0.408 e. The van der Waals surface area contributed by atoms with Gasteiger partial charge in [0.15, 0.2) is 0 Å². The Morgan fingerprint density at radius 2 is 1.92 bits per heavy atom. The second-order valence-corrected chi connectivity index (χ2v) is 6.19. The molecule has 0 bridgehead atoms. The highest BCUT2D eigenvalue weighted by atomic mass is 16.6. The number of hydrogen-bond donors (Lipinski definition) is 1. The van der Waals surface area contributed by atoms with Crippen molar-refractivity contribution in [1.29, 1.82) is 0 Å². The third-order valence-corrected chi connectivity index (χ3v) is 3.90. The van der Waals surface area contributed by atoms with Crippen LogP contribution in [0.15, 0.2) is 30.3 Å². The number of benzene rings is 1. The molecule has 1 aromatic rings. The number of rotatable bonds is 9. The van der Waals surface area contributed by atoms with Crippen LogP contribution in [-0.2, 0) is 35.1 Å². The van der Waals surface area contributed by atoms with Crippen LogP contribution in [0.2, 0.25) is 0 Å². The average Bonchev–Trinajstić information content (AvgIpc) is 3.37. The predicted molar refractivity (Wildman–Crippen MR) is 90.1 cm³/mol. The number of amides is 1. The Morgan fingerprint density at radius 3 is 2.54 bits per heavy atom. The van der Waals surface area contributed by atoms with Gasteiger partial charge < -0.3 is 24.3 Å². The van der Waals surface area contributed by atoms with Crippen LogP contribution in [0.1, 0.15) is 25.3 Å². The molecule has 2 rings (SSSR count). The number of epoxide rings is 1. The lowest BCUT2D eigenvalue weighted by atomic mass is 10.1. The Morgan fingerprint density at radius 1 is 1.23 bits per heavy atom. The fourth-order valence-corrected chi connectivity index (χ4v) is 2.09. The molecule has 0 radical (unpaired) electrons. The Labute approximate surface area is 151 Å². The molecule has 1 saturated heterocycles. The number of nitrogens with one attached hydrogen (secondary N) is 1. The first-order chi connectivity index (χ1) is 12.4. The van der Waals surface area contributed by atoms with Crippen LogP contribution in [0.3, 0.4) is 0 Å². The second kappa shape index (κ2) is 9.19. The third-order valence-electron chi connectivity index (χ3n) is 3.90. The highest BCUT2D eigenvalue weighted by Crippen LogP contribution is 2.29. The van der Waals surface area contributed by atoms with Crippen molar-refractivity contribution in [1.82, 2.24) is 5.32 Å². The summed E-state index contributed by atoms with van der Waals surface area (Å²) in [7, 11) is 1.20. The van der Waals surface area contributed by atoms with Crippen molar-refractivity contribution in [3.8, 4) is 0 Å². The van der Waals surface area contributed by atoms with Gasteiger partial charge in [0, 0.05) is 6.42 Å². The van der Waals surface area contributed by atoms with E-state index in [2.05, 4.69) is 10.1 Å². The van der Waals surface area contributed by atoms with Gasteiger partial charge in [-0.15, -0.1) is 0 Å². The zero-order valence-electron chi connectivity index (χ0n) is 14.9. The van der Waals surface area contributed by atoms with Crippen molar-refractivity contribution in [2.24, 2.45) is 0 Å². The molecule has 0 aromatic heterocycles. The molecule has 1 N–H and O–H groups in total. The van der Waals surface area contributed by atoms with Gasteiger partial charge in [0.05, 0.1) is 32.3 Å². The molecule has 0 spiro atoms. The molecule has 0 aliphatic carbocycles. The molecular formula is C18H23NO7. The van der Waals surface area contributed by atoms with Crippen LogP contribution in [0.25, 0.3) is 0 Å². The number of alkyl carbamates (subject to hydrolysis) is 1. The van der Waals surface area contributed by atoms with Gasteiger partial charge >= 0.3 is 18.0 Å². The lowest BCUT2D eigenvalue weighted by molar-refractivity contribution is -0.151. The molecule has 0 saturated carbocycles. The van der Waals surface area contributed by atoms with Crippen LogP contribution in [0, 0.1) is 0 Å². The summed E-state index contributed by atoms with van der Waals surface area (Å²) in [5.74, 6) is -1.37. The van der Waals surface area contributed by atoms with E-state index in [1.165, 1.54) is 7.11 Å². The van der Waals surface area contributed by atoms with E-state index in [1.54, 1.807) is 12.1 Å². The molecule has 1 unspecified atom stereocenters. The van der Waals surface area contributed by atoms with Gasteiger partial charge in [0.1, 0.15) is 12.6 Å². The van der Waals surface area contributed by atoms with E-state index in [1.807, 2.05) is 25.1 Å². The van der Waals surface area contributed by atoms with E-state index in [9.17, 15) is 14.4 Å². The molecular weight excluding hydrogens is 342 g/mol. The summed E-state index contributed by atoms with van der Waals surface area (Å²) in [6.45, 7) is 2.71. The highest BCUT2D eigenvalue weighted by Gasteiger charge is 2.39. The minimum Gasteiger partial charge on any atom is -0.469 e. The SMILES string of the molecule is COC(=O)C[C@H](NC(=O)OCc1ccccc1)C(=O)OCCC1(C)CO1. The van der Waals surface area contributed by atoms with Crippen molar-refractivity contribution in [2.75, 3.05) is 20.3 Å². The molecule has 142 valence electrons. The van der Waals surface area contributed by atoms with E-state index in [-0.39, 0.29) is 25.2 Å².